The summed E-state index contributed by atoms with van der Waals surface area (Å²) in [5.74, 6) is 2.08. The van der Waals surface area contributed by atoms with Crippen molar-refractivity contribution in [3.8, 4) is 16.8 Å². The van der Waals surface area contributed by atoms with Crippen LogP contribution in [0.15, 0.2) is 54.9 Å². The lowest BCUT2D eigenvalue weighted by Crippen LogP contribution is -2.21. The molecular formula is C22H21ClN6. The fourth-order valence-corrected chi connectivity index (χ4v) is 4.12. The van der Waals surface area contributed by atoms with Crippen LogP contribution >= 0.6 is 11.6 Å². The highest BCUT2D eigenvalue weighted by molar-refractivity contribution is 6.30. The molecule has 1 atom stereocenters. The highest BCUT2D eigenvalue weighted by Gasteiger charge is 2.28. The van der Waals surface area contributed by atoms with Gasteiger partial charge in [-0.05, 0) is 48.9 Å². The molecule has 29 heavy (non-hydrogen) atoms. The van der Waals surface area contributed by atoms with Gasteiger partial charge in [-0.2, -0.15) is 5.10 Å². The van der Waals surface area contributed by atoms with Crippen LogP contribution in [0.5, 0.6) is 0 Å². The Kier molecular flexibility index (Phi) is 4.17. The lowest BCUT2D eigenvalue weighted by atomic mass is 10.1. The number of hydrogen-bond donors (Lipinski definition) is 0. The average Bonchev–Trinajstić information content (AvgIpc) is 3.29. The van der Waals surface area contributed by atoms with Gasteiger partial charge >= 0.3 is 0 Å². The molecule has 1 aliphatic heterocycles. The molecule has 0 aliphatic carbocycles. The second-order valence-electron chi connectivity index (χ2n) is 7.54. The van der Waals surface area contributed by atoms with Crippen molar-refractivity contribution >= 4 is 23.0 Å². The van der Waals surface area contributed by atoms with Crippen molar-refractivity contribution in [3.63, 3.8) is 0 Å². The van der Waals surface area contributed by atoms with Crippen LogP contribution in [-0.4, -0.2) is 31.1 Å². The maximum Gasteiger partial charge on any atom is 0.142 e. The number of hydrogen-bond acceptors (Lipinski definition) is 4. The summed E-state index contributed by atoms with van der Waals surface area (Å²) in [7, 11) is 1.93. The smallest absolute Gasteiger partial charge is 0.142 e. The van der Waals surface area contributed by atoms with Crippen LogP contribution in [0.4, 0.5) is 11.4 Å². The molecule has 0 saturated heterocycles. The molecule has 6 nitrogen and oxygen atoms in total. The molecule has 0 amide bonds. The molecular weight excluding hydrogens is 384 g/mol. The van der Waals surface area contributed by atoms with Crippen molar-refractivity contribution in [2.45, 2.75) is 19.8 Å². The Morgan fingerprint density at radius 3 is 2.52 bits per heavy atom. The molecule has 0 radical (unpaired) electrons. The summed E-state index contributed by atoms with van der Waals surface area (Å²) in [5.41, 5.74) is 5.50. The van der Waals surface area contributed by atoms with Crippen LogP contribution in [0.25, 0.3) is 16.8 Å². The van der Waals surface area contributed by atoms with E-state index in [0.29, 0.717) is 0 Å². The van der Waals surface area contributed by atoms with E-state index in [0.717, 1.165) is 51.4 Å². The largest absolute Gasteiger partial charge is 0.339 e. The molecule has 146 valence electrons. The number of aryl methyl sites for hydroxylation is 2. The minimum atomic E-state index is 0.209. The molecule has 1 aliphatic rings. The van der Waals surface area contributed by atoms with Gasteiger partial charge in [0.15, 0.2) is 0 Å². The van der Waals surface area contributed by atoms with Crippen LogP contribution in [0, 0.1) is 6.92 Å². The van der Waals surface area contributed by atoms with Crippen LogP contribution in [0.3, 0.4) is 0 Å². The topological polar surface area (TPSA) is 51.8 Å². The Hall–Kier alpha value is -3.12. The van der Waals surface area contributed by atoms with Crippen LogP contribution < -0.4 is 4.90 Å². The van der Waals surface area contributed by atoms with Gasteiger partial charge in [-0.25, -0.2) is 0 Å². The first-order valence-electron chi connectivity index (χ1n) is 9.60. The normalized spacial score (nSPS) is 15.7. The summed E-state index contributed by atoms with van der Waals surface area (Å²) in [4.78, 5) is 2.34. The van der Waals surface area contributed by atoms with Gasteiger partial charge in [0.1, 0.15) is 11.6 Å². The number of aromatic nitrogens is 5. The molecule has 0 saturated carbocycles. The van der Waals surface area contributed by atoms with Crippen molar-refractivity contribution in [2.75, 3.05) is 11.4 Å². The van der Waals surface area contributed by atoms with E-state index >= 15 is 0 Å². The van der Waals surface area contributed by atoms with Gasteiger partial charge in [0.25, 0.3) is 0 Å². The number of benzene rings is 2. The first-order chi connectivity index (χ1) is 14.0. The highest BCUT2D eigenvalue weighted by atomic mass is 35.5. The van der Waals surface area contributed by atoms with Crippen molar-refractivity contribution in [2.24, 2.45) is 7.05 Å². The first kappa shape index (κ1) is 17.9. The third kappa shape index (κ3) is 3.00. The lowest BCUT2D eigenvalue weighted by Gasteiger charge is -2.27. The van der Waals surface area contributed by atoms with Crippen molar-refractivity contribution < 1.29 is 0 Å². The zero-order valence-corrected chi connectivity index (χ0v) is 17.3. The molecule has 0 fully saturated rings. The summed E-state index contributed by atoms with van der Waals surface area (Å²) in [5, 5.41) is 13.9. The Labute approximate surface area is 174 Å². The summed E-state index contributed by atoms with van der Waals surface area (Å²) >= 11 is 6.15. The fourth-order valence-electron chi connectivity index (χ4n) is 3.99. The van der Waals surface area contributed by atoms with E-state index in [1.807, 2.05) is 43.2 Å². The first-order valence-corrected chi connectivity index (χ1v) is 9.97. The number of nitrogens with zero attached hydrogens (tertiary/aromatic N) is 6. The second-order valence-corrected chi connectivity index (χ2v) is 7.97. The number of fused-ring (bicyclic) bond motifs is 3. The Morgan fingerprint density at radius 1 is 1.00 bits per heavy atom. The molecule has 0 bridgehead atoms. The highest BCUT2D eigenvalue weighted by Crippen LogP contribution is 2.40. The SMILES string of the molecule is Cc1nnc2n1-c1ccc(-c3cnn(C)c3)cc1N(c1ccc(Cl)cc1)C[C@H]2C. The molecule has 2 aromatic heterocycles. The third-order valence-corrected chi connectivity index (χ3v) is 5.68. The molecule has 0 spiro atoms. The van der Waals surface area contributed by atoms with E-state index in [1.165, 1.54) is 0 Å². The predicted octanol–water partition coefficient (Wildman–Crippen LogP) is 4.88. The zero-order valence-electron chi connectivity index (χ0n) is 16.5. The monoisotopic (exact) mass is 404 g/mol. The summed E-state index contributed by atoms with van der Waals surface area (Å²) in [6.07, 6.45) is 3.92. The number of halogens is 1. The predicted molar refractivity (Wildman–Crippen MR) is 115 cm³/mol. The van der Waals surface area contributed by atoms with E-state index in [2.05, 4.69) is 62.0 Å². The Morgan fingerprint density at radius 2 is 1.79 bits per heavy atom. The van der Waals surface area contributed by atoms with E-state index < -0.39 is 0 Å². The number of anilines is 2. The van der Waals surface area contributed by atoms with Crippen LogP contribution in [0.1, 0.15) is 24.5 Å². The van der Waals surface area contributed by atoms with E-state index in [9.17, 15) is 0 Å². The van der Waals surface area contributed by atoms with Crippen molar-refractivity contribution in [1.29, 1.82) is 0 Å². The maximum atomic E-state index is 6.15. The van der Waals surface area contributed by atoms with Gasteiger partial charge < -0.3 is 4.90 Å². The van der Waals surface area contributed by atoms with Gasteiger partial charge in [0, 0.05) is 42.0 Å². The van der Waals surface area contributed by atoms with E-state index in [1.54, 1.807) is 0 Å². The molecule has 7 heteroatoms. The van der Waals surface area contributed by atoms with Crippen molar-refractivity contribution in [3.05, 3.63) is 71.5 Å². The molecule has 0 unspecified atom stereocenters. The fraction of sp³-hybridized carbons (Fsp3) is 0.227. The number of rotatable bonds is 2. The van der Waals surface area contributed by atoms with Crippen molar-refractivity contribution in [1.82, 2.24) is 24.5 Å². The minimum absolute atomic E-state index is 0.209. The van der Waals surface area contributed by atoms with Gasteiger partial charge in [-0.1, -0.05) is 24.6 Å². The Balaban J connectivity index is 1.74. The van der Waals surface area contributed by atoms with Crippen LogP contribution in [-0.2, 0) is 7.05 Å². The third-order valence-electron chi connectivity index (χ3n) is 5.43. The summed E-state index contributed by atoms with van der Waals surface area (Å²) < 4.78 is 3.99. The summed E-state index contributed by atoms with van der Waals surface area (Å²) in [6.45, 7) is 4.99. The molecule has 0 N–H and O–H groups in total. The average molecular weight is 405 g/mol. The van der Waals surface area contributed by atoms with Gasteiger partial charge in [0.2, 0.25) is 0 Å². The van der Waals surface area contributed by atoms with Gasteiger partial charge in [-0.3, -0.25) is 9.25 Å². The van der Waals surface area contributed by atoms with E-state index in [-0.39, 0.29) is 5.92 Å². The molecule has 3 heterocycles. The second kappa shape index (κ2) is 6.74. The summed E-state index contributed by atoms with van der Waals surface area (Å²) in [6, 6.07) is 14.5. The standard InChI is InChI=1S/C22H21ClN6/c1-14-12-28(19-7-5-18(23)6-8-19)21-10-16(17-11-24-27(3)13-17)4-9-20(21)29-15(2)25-26-22(14)29/h4-11,13-14H,12H2,1-3H3/t14-/m1/s1. The van der Waals surface area contributed by atoms with E-state index in [4.69, 9.17) is 11.6 Å². The van der Waals surface area contributed by atoms with Crippen LogP contribution in [0.2, 0.25) is 5.02 Å². The zero-order chi connectivity index (χ0) is 20.1. The minimum Gasteiger partial charge on any atom is -0.339 e. The molecule has 5 rings (SSSR count). The van der Waals surface area contributed by atoms with Gasteiger partial charge in [0.05, 0.1) is 17.6 Å². The molecule has 4 aromatic rings. The molecule has 2 aromatic carbocycles. The lowest BCUT2D eigenvalue weighted by molar-refractivity contribution is 0.696. The quantitative estimate of drug-likeness (QED) is 0.477. The maximum absolute atomic E-state index is 6.15. The van der Waals surface area contributed by atoms with Gasteiger partial charge in [-0.15, -0.1) is 10.2 Å². The Bertz CT molecular complexity index is 1190.